The SMILES string of the molecule is CC/C=C(\CCC(C)CC)C1=NN(c2ccccc2)C(NC)C1C. The molecular weight excluding hydrogens is 294 g/mol. The fourth-order valence-corrected chi connectivity index (χ4v) is 3.35. The van der Waals surface area contributed by atoms with Gasteiger partial charge in [-0.15, -0.1) is 0 Å². The van der Waals surface area contributed by atoms with Gasteiger partial charge in [0.15, 0.2) is 0 Å². The Kier molecular flexibility index (Phi) is 7.04. The molecule has 1 aliphatic rings. The maximum atomic E-state index is 5.03. The summed E-state index contributed by atoms with van der Waals surface area (Å²) in [5.74, 6) is 1.15. The molecule has 3 heteroatoms. The minimum Gasteiger partial charge on any atom is -0.298 e. The Bertz CT molecular complexity index is 562. The van der Waals surface area contributed by atoms with Crippen molar-refractivity contribution in [1.29, 1.82) is 0 Å². The zero-order valence-corrected chi connectivity index (χ0v) is 15.9. The molecule has 3 atom stereocenters. The quantitative estimate of drug-likeness (QED) is 0.710. The lowest BCUT2D eigenvalue weighted by Gasteiger charge is -2.26. The summed E-state index contributed by atoms with van der Waals surface area (Å²) in [4.78, 5) is 0. The van der Waals surface area contributed by atoms with Gasteiger partial charge in [-0.05, 0) is 49.9 Å². The van der Waals surface area contributed by atoms with Crippen LogP contribution in [-0.4, -0.2) is 18.9 Å². The molecule has 132 valence electrons. The molecule has 0 aliphatic carbocycles. The molecule has 1 aromatic carbocycles. The monoisotopic (exact) mass is 327 g/mol. The highest BCUT2D eigenvalue weighted by molar-refractivity contribution is 6.04. The summed E-state index contributed by atoms with van der Waals surface area (Å²) in [5.41, 5.74) is 3.84. The number of allylic oxidation sites excluding steroid dienone is 2. The number of para-hydroxylation sites is 1. The topological polar surface area (TPSA) is 27.6 Å². The Morgan fingerprint density at radius 1 is 1.29 bits per heavy atom. The van der Waals surface area contributed by atoms with Crippen molar-refractivity contribution in [2.75, 3.05) is 12.1 Å². The second-order valence-corrected chi connectivity index (χ2v) is 6.88. The molecule has 24 heavy (non-hydrogen) atoms. The predicted molar refractivity (Wildman–Crippen MR) is 105 cm³/mol. The molecule has 0 saturated carbocycles. The van der Waals surface area contributed by atoms with Crippen LogP contribution in [0.1, 0.15) is 53.4 Å². The minimum absolute atomic E-state index is 0.214. The number of rotatable bonds is 8. The molecule has 0 amide bonds. The van der Waals surface area contributed by atoms with E-state index in [-0.39, 0.29) is 6.17 Å². The van der Waals surface area contributed by atoms with Crippen molar-refractivity contribution >= 4 is 11.4 Å². The summed E-state index contributed by atoms with van der Waals surface area (Å²) >= 11 is 0. The Balaban J connectivity index is 2.27. The van der Waals surface area contributed by atoms with Gasteiger partial charge in [0.05, 0.1) is 11.4 Å². The highest BCUT2D eigenvalue weighted by atomic mass is 15.5. The molecule has 3 nitrogen and oxygen atoms in total. The second kappa shape index (κ2) is 9.03. The van der Waals surface area contributed by atoms with E-state index < -0.39 is 0 Å². The Hall–Kier alpha value is -1.61. The molecule has 0 spiro atoms. The third-order valence-corrected chi connectivity index (χ3v) is 5.08. The van der Waals surface area contributed by atoms with Crippen molar-refractivity contribution in [3.05, 3.63) is 42.0 Å². The van der Waals surface area contributed by atoms with Crippen molar-refractivity contribution in [3.63, 3.8) is 0 Å². The van der Waals surface area contributed by atoms with E-state index in [1.807, 2.05) is 7.05 Å². The molecule has 1 aromatic rings. The average molecular weight is 328 g/mol. The lowest BCUT2D eigenvalue weighted by molar-refractivity contribution is 0.490. The fourth-order valence-electron chi connectivity index (χ4n) is 3.35. The normalized spacial score (nSPS) is 22.6. The zero-order chi connectivity index (χ0) is 17.5. The van der Waals surface area contributed by atoms with Crippen molar-refractivity contribution in [1.82, 2.24) is 5.32 Å². The number of hydrogen-bond acceptors (Lipinski definition) is 3. The van der Waals surface area contributed by atoms with Crippen LogP contribution < -0.4 is 10.3 Å². The standard InChI is InChI=1S/C21H33N3/c1-6-11-18(15-14-16(3)7-2)20-17(4)21(22-5)24(23-20)19-12-9-8-10-13-19/h8-13,16-17,21-22H,6-7,14-15H2,1-5H3/b18-11+. The van der Waals surface area contributed by atoms with Crippen molar-refractivity contribution in [2.24, 2.45) is 16.9 Å². The van der Waals surface area contributed by atoms with E-state index >= 15 is 0 Å². The molecule has 3 unspecified atom stereocenters. The third-order valence-electron chi connectivity index (χ3n) is 5.08. The van der Waals surface area contributed by atoms with E-state index in [0.29, 0.717) is 5.92 Å². The van der Waals surface area contributed by atoms with Crippen LogP contribution in [0.2, 0.25) is 0 Å². The molecule has 0 fully saturated rings. The molecule has 1 heterocycles. The summed E-state index contributed by atoms with van der Waals surface area (Å²) in [5, 5.41) is 10.6. The first-order valence-corrected chi connectivity index (χ1v) is 9.41. The second-order valence-electron chi connectivity index (χ2n) is 6.88. The van der Waals surface area contributed by atoms with E-state index in [4.69, 9.17) is 5.10 Å². The first kappa shape index (κ1) is 18.7. The van der Waals surface area contributed by atoms with Gasteiger partial charge in [-0.25, -0.2) is 5.01 Å². The first-order chi connectivity index (χ1) is 11.6. The third kappa shape index (κ3) is 4.27. The lowest BCUT2D eigenvalue weighted by Crippen LogP contribution is -2.42. The highest BCUT2D eigenvalue weighted by Crippen LogP contribution is 2.31. The number of hydrazone groups is 1. The molecule has 2 rings (SSSR count). The number of nitrogens with zero attached hydrogens (tertiary/aromatic N) is 2. The zero-order valence-electron chi connectivity index (χ0n) is 15.9. The van der Waals surface area contributed by atoms with Crippen LogP contribution in [0.15, 0.2) is 47.1 Å². The van der Waals surface area contributed by atoms with Crippen LogP contribution in [0, 0.1) is 11.8 Å². The van der Waals surface area contributed by atoms with Crippen LogP contribution in [0.5, 0.6) is 0 Å². The average Bonchev–Trinajstić information content (AvgIpc) is 2.95. The van der Waals surface area contributed by atoms with Crippen molar-refractivity contribution in [2.45, 2.75) is 59.5 Å². The van der Waals surface area contributed by atoms with Gasteiger partial charge in [-0.3, -0.25) is 5.32 Å². The maximum absolute atomic E-state index is 5.03. The predicted octanol–water partition coefficient (Wildman–Crippen LogP) is 5.21. The number of nitrogens with one attached hydrogen (secondary N) is 1. The van der Waals surface area contributed by atoms with Gasteiger partial charge in [0, 0.05) is 5.92 Å². The van der Waals surface area contributed by atoms with Gasteiger partial charge in [0.1, 0.15) is 6.17 Å². The summed E-state index contributed by atoms with van der Waals surface area (Å²) in [6.45, 7) is 9.12. The van der Waals surface area contributed by atoms with Crippen molar-refractivity contribution in [3.8, 4) is 0 Å². The van der Waals surface area contributed by atoms with E-state index in [9.17, 15) is 0 Å². The van der Waals surface area contributed by atoms with Gasteiger partial charge < -0.3 is 0 Å². The summed E-state index contributed by atoms with van der Waals surface area (Å²) in [7, 11) is 2.03. The largest absolute Gasteiger partial charge is 0.298 e. The molecule has 0 radical (unpaired) electrons. The molecular formula is C21H33N3. The summed E-state index contributed by atoms with van der Waals surface area (Å²) in [6.07, 6.45) is 7.27. The first-order valence-electron chi connectivity index (χ1n) is 9.41. The number of hydrogen-bond donors (Lipinski definition) is 1. The van der Waals surface area contributed by atoms with E-state index in [2.05, 4.69) is 74.4 Å². The number of benzene rings is 1. The van der Waals surface area contributed by atoms with Gasteiger partial charge in [0.25, 0.3) is 0 Å². The van der Waals surface area contributed by atoms with Crippen LogP contribution in [-0.2, 0) is 0 Å². The van der Waals surface area contributed by atoms with E-state index in [0.717, 1.165) is 24.4 Å². The number of anilines is 1. The maximum Gasteiger partial charge on any atom is 0.110 e. The summed E-state index contributed by atoms with van der Waals surface area (Å²) in [6, 6.07) is 10.5. The molecule has 0 bridgehead atoms. The van der Waals surface area contributed by atoms with E-state index in [1.54, 1.807) is 0 Å². The smallest absolute Gasteiger partial charge is 0.110 e. The molecule has 1 aliphatic heterocycles. The molecule has 1 N–H and O–H groups in total. The molecule has 0 saturated heterocycles. The van der Waals surface area contributed by atoms with Crippen molar-refractivity contribution < 1.29 is 0 Å². The Labute approximate surface area is 147 Å². The Morgan fingerprint density at radius 2 is 2.00 bits per heavy atom. The van der Waals surface area contributed by atoms with Gasteiger partial charge >= 0.3 is 0 Å². The van der Waals surface area contributed by atoms with Crippen LogP contribution >= 0.6 is 0 Å². The fraction of sp³-hybridized carbons (Fsp3) is 0.571. The lowest BCUT2D eigenvalue weighted by atomic mass is 9.90. The minimum atomic E-state index is 0.214. The van der Waals surface area contributed by atoms with Crippen LogP contribution in [0.4, 0.5) is 5.69 Å². The van der Waals surface area contributed by atoms with E-state index in [1.165, 1.54) is 24.1 Å². The van der Waals surface area contributed by atoms with Gasteiger partial charge in [-0.1, -0.05) is 58.4 Å². The van der Waals surface area contributed by atoms with Crippen LogP contribution in [0.3, 0.4) is 0 Å². The van der Waals surface area contributed by atoms with Crippen LogP contribution in [0.25, 0.3) is 0 Å². The Morgan fingerprint density at radius 3 is 2.58 bits per heavy atom. The summed E-state index contributed by atoms with van der Waals surface area (Å²) < 4.78 is 0. The highest BCUT2D eigenvalue weighted by Gasteiger charge is 2.35. The van der Waals surface area contributed by atoms with Gasteiger partial charge in [-0.2, -0.15) is 5.10 Å². The molecule has 0 aromatic heterocycles. The van der Waals surface area contributed by atoms with Gasteiger partial charge in [0.2, 0.25) is 0 Å².